The number of carbonyl (C=O) groups excluding carboxylic acids is 3. The highest BCUT2D eigenvalue weighted by Gasteiger charge is 2.42. The number of nitrogens with zero attached hydrogens (tertiary/aromatic N) is 5. The van der Waals surface area contributed by atoms with Crippen molar-refractivity contribution in [3.63, 3.8) is 0 Å². The molecule has 0 bridgehead atoms. The number of hydrogen-bond acceptors (Lipinski definition) is 13. The molecule has 0 atom stereocenters. The summed E-state index contributed by atoms with van der Waals surface area (Å²) in [5.74, 6) is -0.0266. The van der Waals surface area contributed by atoms with Crippen LogP contribution in [0.4, 0.5) is 13.2 Å². The molecule has 10 rings (SSSR count). The van der Waals surface area contributed by atoms with Crippen LogP contribution >= 0.6 is 23.2 Å². The average molecular weight is 1190 g/mol. The molecule has 0 saturated carbocycles. The molecule has 15 nitrogen and oxygen atoms in total. The lowest BCUT2D eigenvalue weighted by Crippen LogP contribution is -2.52. The second-order valence-corrected chi connectivity index (χ2v) is 21.9. The van der Waals surface area contributed by atoms with E-state index in [9.17, 15) is 32.3 Å². The van der Waals surface area contributed by atoms with Gasteiger partial charge in [-0.1, -0.05) is 53.0 Å². The topological polar surface area (TPSA) is 189 Å². The van der Waals surface area contributed by atoms with E-state index in [1.165, 1.54) is 18.7 Å². The van der Waals surface area contributed by atoms with Gasteiger partial charge in [0, 0.05) is 79.2 Å². The Hall–Kier alpha value is -8.19. The number of halogens is 5. The second-order valence-electron chi connectivity index (χ2n) is 21.1. The number of carboxylic acid groups (broad SMARTS) is 1. The maximum Gasteiger partial charge on any atom is 0.303 e. The molecule has 84 heavy (non-hydrogen) atoms. The molecular formula is C64H60Cl2F3N5O10. The quantitative estimate of drug-likeness (QED) is 0.0631. The first-order valence-electron chi connectivity index (χ1n) is 27.4. The van der Waals surface area contributed by atoms with Gasteiger partial charge in [0.2, 0.25) is 17.7 Å². The fourth-order valence-corrected chi connectivity index (χ4v) is 10.3. The number of piperidine rings is 1. The van der Waals surface area contributed by atoms with E-state index in [2.05, 4.69) is 19.9 Å². The highest BCUT2D eigenvalue weighted by atomic mass is 35.5. The smallest absolute Gasteiger partial charge is 0.303 e. The van der Waals surface area contributed by atoms with Gasteiger partial charge in [-0.15, -0.1) is 0 Å². The molecule has 436 valence electrons. The Morgan fingerprint density at radius 1 is 0.595 bits per heavy atom. The number of amides is 1. The van der Waals surface area contributed by atoms with E-state index in [0.29, 0.717) is 104 Å². The number of fused-ring (bicyclic) bond motifs is 2. The van der Waals surface area contributed by atoms with E-state index in [0.717, 1.165) is 74.0 Å². The molecule has 0 aliphatic carbocycles. The average Bonchev–Trinajstić information content (AvgIpc) is 3.00. The third-order valence-electron chi connectivity index (χ3n) is 14.6. The van der Waals surface area contributed by atoms with Crippen molar-refractivity contribution in [2.45, 2.75) is 85.0 Å². The number of Topliss-reactive ketones (excluding diaryl/α,β-unsaturated/α-hetero) is 2. The van der Waals surface area contributed by atoms with Crippen LogP contribution < -0.4 is 18.9 Å². The monoisotopic (exact) mass is 1190 g/mol. The number of benzene rings is 6. The molecule has 4 heterocycles. The van der Waals surface area contributed by atoms with Crippen molar-refractivity contribution in [1.82, 2.24) is 24.8 Å². The zero-order valence-corrected chi connectivity index (χ0v) is 48.0. The van der Waals surface area contributed by atoms with Gasteiger partial charge in [-0.2, -0.15) is 0 Å². The van der Waals surface area contributed by atoms with Gasteiger partial charge in [0.05, 0.1) is 48.2 Å². The zero-order valence-electron chi connectivity index (χ0n) is 46.5. The highest BCUT2D eigenvalue weighted by molar-refractivity contribution is 6.32. The second kappa shape index (κ2) is 27.5. The van der Waals surface area contributed by atoms with Crippen LogP contribution in [0.3, 0.4) is 0 Å². The molecule has 1 N–H and O–H groups in total. The molecule has 2 aliphatic rings. The summed E-state index contributed by atoms with van der Waals surface area (Å²) in [5.41, 5.74) is 5.65. The number of carbonyl (C=O) groups is 4. The Morgan fingerprint density at radius 3 is 1.57 bits per heavy atom. The summed E-state index contributed by atoms with van der Waals surface area (Å²) < 4.78 is 70.6. The van der Waals surface area contributed by atoms with Crippen LogP contribution in [-0.2, 0) is 49.6 Å². The number of aryl methyl sites for hydroxylation is 3. The van der Waals surface area contributed by atoms with Crippen LogP contribution in [0.5, 0.6) is 34.8 Å². The van der Waals surface area contributed by atoms with E-state index in [4.69, 9.17) is 52.0 Å². The number of hydrogen-bond donors (Lipinski definition) is 1. The number of aliphatic carboxylic acids is 1. The third kappa shape index (κ3) is 15.7. The van der Waals surface area contributed by atoms with Gasteiger partial charge < -0.3 is 33.7 Å². The Balaban J connectivity index is 0.000000205. The van der Waals surface area contributed by atoms with Gasteiger partial charge in [0.15, 0.2) is 0 Å². The standard InChI is InChI=1S/C36H37ClFN3O5.C28H23ClF2N2O5/c1-23-5-8-31(38)26(14-23)17-27(42)16-25-6-7-28(18-30(25)37)46-35-29-15-24(2)33(19-32(29)39-22-40-35)45-13-3-4-34(43)41-11-9-36(10-12-41)20-44-21-36;1-16-9-22-25(14-26(16)37-8-2-3-27(35)36)32-15-33-28(22)38-21-6-4-17(23(29)13-21)11-20(34)12-18-10-19(30)5-7-24(18)31/h5-8,14-15,18-19,22H,3-4,9-13,16-17,20-21H2,1-2H3;4-7,9-10,13-15H,2-3,8,11-12H2,1H3,(H,35,36). The van der Waals surface area contributed by atoms with Gasteiger partial charge in [-0.05, 0) is 140 Å². The lowest BCUT2D eigenvalue weighted by Gasteiger charge is -2.47. The molecular weight excluding hydrogens is 1130 g/mol. The highest BCUT2D eigenvalue weighted by Crippen LogP contribution is 2.39. The Labute approximate surface area is 493 Å². The predicted octanol–water partition coefficient (Wildman–Crippen LogP) is 13.2. The van der Waals surface area contributed by atoms with E-state index < -0.39 is 23.4 Å². The number of carboxylic acids is 1. The molecule has 2 fully saturated rings. The van der Waals surface area contributed by atoms with Gasteiger partial charge in [-0.3, -0.25) is 19.2 Å². The Kier molecular flexibility index (Phi) is 19.8. The van der Waals surface area contributed by atoms with Crippen LogP contribution in [0.25, 0.3) is 21.8 Å². The maximum atomic E-state index is 14.1. The van der Waals surface area contributed by atoms with Crippen LogP contribution in [0.15, 0.2) is 110 Å². The number of likely N-dealkylation sites (tertiary alicyclic amines) is 1. The number of ketones is 2. The molecule has 2 aliphatic heterocycles. The van der Waals surface area contributed by atoms with Gasteiger partial charge in [0.25, 0.3) is 0 Å². The predicted molar refractivity (Wildman–Crippen MR) is 310 cm³/mol. The molecule has 8 aromatic rings. The van der Waals surface area contributed by atoms with Crippen molar-refractivity contribution < 1.29 is 61.1 Å². The maximum absolute atomic E-state index is 14.1. The molecule has 2 aromatic heterocycles. The molecule has 1 spiro atoms. The normalized spacial score (nSPS) is 13.5. The molecule has 0 unspecified atom stereocenters. The van der Waals surface area contributed by atoms with Crippen molar-refractivity contribution in [2.24, 2.45) is 5.41 Å². The summed E-state index contributed by atoms with van der Waals surface area (Å²) in [6.07, 6.45) is 6.07. The summed E-state index contributed by atoms with van der Waals surface area (Å²) in [6.45, 7) is 9.61. The lowest BCUT2D eigenvalue weighted by atomic mass is 9.77. The summed E-state index contributed by atoms with van der Waals surface area (Å²) in [7, 11) is 0. The molecule has 2 saturated heterocycles. The Bertz CT molecular complexity index is 3760. The summed E-state index contributed by atoms with van der Waals surface area (Å²) in [5, 5.41) is 10.8. The molecule has 1 amide bonds. The largest absolute Gasteiger partial charge is 0.493 e. The minimum absolute atomic E-state index is 0.00613. The van der Waals surface area contributed by atoms with Gasteiger partial charge in [-0.25, -0.2) is 33.1 Å². The zero-order chi connectivity index (χ0) is 59.5. The first-order chi connectivity index (χ1) is 40.4. The molecule has 0 radical (unpaired) electrons. The van der Waals surface area contributed by atoms with Crippen molar-refractivity contribution in [3.05, 3.63) is 176 Å². The molecule has 6 aromatic carbocycles. The van der Waals surface area contributed by atoms with Crippen LogP contribution in [0, 0.1) is 43.6 Å². The van der Waals surface area contributed by atoms with E-state index >= 15 is 0 Å². The van der Waals surface area contributed by atoms with Crippen LogP contribution in [0.1, 0.15) is 77.5 Å². The summed E-state index contributed by atoms with van der Waals surface area (Å²) in [4.78, 5) is 67.7. The van der Waals surface area contributed by atoms with Crippen LogP contribution in [0.2, 0.25) is 10.0 Å². The van der Waals surface area contributed by atoms with Crippen molar-refractivity contribution in [3.8, 4) is 34.8 Å². The van der Waals surface area contributed by atoms with Gasteiger partial charge in [0.1, 0.15) is 64.7 Å². The van der Waals surface area contributed by atoms with Crippen molar-refractivity contribution >= 4 is 68.5 Å². The first-order valence-corrected chi connectivity index (χ1v) is 28.1. The minimum atomic E-state index is -0.877. The lowest BCUT2D eigenvalue weighted by molar-refractivity contribution is -0.153. The SMILES string of the molecule is Cc1cc2c(Oc3ccc(CC(=O)Cc4cc(F)ccc4F)c(Cl)c3)ncnc2cc1OCCCC(=O)O.Cc1ccc(F)c(CC(=O)Cc2ccc(Oc3ncnc4cc(OCCCC(=O)N5CCC6(CC5)COC6)c(C)cc34)cc2Cl)c1. The fraction of sp³-hybridized carbons (Fsp3) is 0.312. The minimum Gasteiger partial charge on any atom is -0.493 e. The van der Waals surface area contributed by atoms with Crippen molar-refractivity contribution in [1.29, 1.82) is 0 Å². The van der Waals surface area contributed by atoms with E-state index in [1.54, 1.807) is 54.6 Å². The van der Waals surface area contributed by atoms with E-state index in [-0.39, 0.29) is 72.7 Å². The first kappa shape index (κ1) is 60.4. The van der Waals surface area contributed by atoms with E-state index in [1.807, 2.05) is 43.9 Å². The summed E-state index contributed by atoms with van der Waals surface area (Å²) in [6, 6.07) is 25.0. The Morgan fingerprint density at radius 2 is 1.08 bits per heavy atom. The fourth-order valence-electron chi connectivity index (χ4n) is 9.88. The number of ether oxygens (including phenoxy) is 5. The molecule has 20 heteroatoms. The summed E-state index contributed by atoms with van der Waals surface area (Å²) >= 11 is 12.9. The number of aromatic nitrogens is 4. The van der Waals surface area contributed by atoms with Gasteiger partial charge >= 0.3 is 5.97 Å². The third-order valence-corrected chi connectivity index (χ3v) is 15.3. The van der Waals surface area contributed by atoms with Crippen molar-refractivity contribution in [2.75, 3.05) is 39.5 Å². The van der Waals surface area contributed by atoms with Crippen LogP contribution in [-0.4, -0.2) is 92.9 Å². The number of rotatable bonds is 22.